The van der Waals surface area contributed by atoms with Crippen molar-refractivity contribution < 1.29 is 22.7 Å². The van der Waals surface area contributed by atoms with Gasteiger partial charge in [-0.2, -0.15) is 13.2 Å². The number of ether oxygens (including phenoxy) is 1. The lowest BCUT2D eigenvalue weighted by Crippen LogP contribution is -2.14. The molecule has 0 heterocycles. The molecule has 0 saturated heterocycles. The van der Waals surface area contributed by atoms with Gasteiger partial charge >= 0.3 is 12.1 Å². The number of alkyl halides is 3. The van der Waals surface area contributed by atoms with E-state index in [0.29, 0.717) is 0 Å². The van der Waals surface area contributed by atoms with E-state index in [1.807, 2.05) is 13.8 Å². The highest BCUT2D eigenvalue weighted by molar-refractivity contribution is 5.69. The highest BCUT2D eigenvalue weighted by atomic mass is 19.4. The molecule has 0 N–H and O–H groups in total. The second kappa shape index (κ2) is 5.78. The molecule has 0 spiro atoms. The van der Waals surface area contributed by atoms with Gasteiger partial charge in [0, 0.05) is 12.0 Å². The van der Waals surface area contributed by atoms with E-state index in [1.165, 1.54) is 0 Å². The van der Waals surface area contributed by atoms with Crippen LogP contribution in [-0.2, 0) is 9.53 Å². The molecule has 0 aromatic rings. The van der Waals surface area contributed by atoms with Gasteiger partial charge in [-0.3, -0.25) is 4.79 Å². The summed E-state index contributed by atoms with van der Waals surface area (Å²) in [5.41, 5.74) is -0.899. The van der Waals surface area contributed by atoms with Gasteiger partial charge in [0.1, 0.15) is 0 Å². The fourth-order valence-electron chi connectivity index (χ4n) is 0.726. The molecule has 0 rings (SSSR count). The molecule has 0 aliphatic rings. The summed E-state index contributed by atoms with van der Waals surface area (Å²) in [4.78, 5) is 10.9. The van der Waals surface area contributed by atoms with Crippen molar-refractivity contribution in [2.24, 2.45) is 5.92 Å². The van der Waals surface area contributed by atoms with Gasteiger partial charge in [-0.05, 0) is 12.3 Å². The predicted molar refractivity (Wildman–Crippen MR) is 50.2 cm³/mol. The van der Waals surface area contributed by atoms with Crippen LogP contribution in [0.25, 0.3) is 0 Å². The Morgan fingerprint density at radius 3 is 2.27 bits per heavy atom. The molecule has 0 aromatic heterocycles. The van der Waals surface area contributed by atoms with Gasteiger partial charge in [0.2, 0.25) is 0 Å². The lowest BCUT2D eigenvalue weighted by Gasteiger charge is -2.10. The predicted octanol–water partition coefficient (Wildman–Crippen LogP) is 3.08. The van der Waals surface area contributed by atoms with Crippen LogP contribution in [0.15, 0.2) is 12.2 Å². The number of carbonyl (C=O) groups is 1. The maximum atomic E-state index is 12.0. The van der Waals surface area contributed by atoms with Gasteiger partial charge in [-0.15, -0.1) is 0 Å². The van der Waals surface area contributed by atoms with Crippen LogP contribution in [0.5, 0.6) is 0 Å². The van der Waals surface area contributed by atoms with E-state index in [4.69, 9.17) is 4.74 Å². The van der Waals surface area contributed by atoms with E-state index in [0.717, 1.165) is 0 Å². The largest absolute Gasteiger partial charge is 0.465 e. The molecule has 0 aliphatic carbocycles. The molecule has 0 fully saturated rings. The van der Waals surface area contributed by atoms with E-state index >= 15 is 0 Å². The normalized spacial score (nSPS) is 11.6. The Hall–Kier alpha value is -1.00. The zero-order chi connectivity index (χ0) is 12.1. The van der Waals surface area contributed by atoms with E-state index in [9.17, 15) is 18.0 Å². The summed E-state index contributed by atoms with van der Waals surface area (Å²) in [5.74, 6) is -0.436. The third-order valence-electron chi connectivity index (χ3n) is 1.61. The summed E-state index contributed by atoms with van der Waals surface area (Å²) in [7, 11) is 0. The summed E-state index contributed by atoms with van der Waals surface area (Å²) in [6.45, 7) is 6.79. The fourth-order valence-corrected chi connectivity index (χ4v) is 0.726. The highest BCUT2D eigenvalue weighted by Crippen LogP contribution is 2.27. The second-order valence-electron chi connectivity index (χ2n) is 3.68. The third kappa shape index (κ3) is 6.99. The molecule has 88 valence electrons. The summed E-state index contributed by atoms with van der Waals surface area (Å²) < 4.78 is 40.6. The minimum atomic E-state index is -4.42. The number of hydrogen-bond acceptors (Lipinski definition) is 2. The monoisotopic (exact) mass is 224 g/mol. The summed E-state index contributed by atoms with van der Waals surface area (Å²) >= 11 is 0. The molecule has 0 saturated carbocycles. The molecule has 0 bridgehead atoms. The number of rotatable bonds is 5. The van der Waals surface area contributed by atoms with Crippen molar-refractivity contribution in [2.45, 2.75) is 32.9 Å². The van der Waals surface area contributed by atoms with Gasteiger partial charge in [0.15, 0.2) is 0 Å². The fraction of sp³-hybridized carbons (Fsp3) is 0.700. The first-order valence-corrected chi connectivity index (χ1v) is 4.64. The van der Waals surface area contributed by atoms with Gasteiger partial charge in [-0.25, -0.2) is 0 Å². The molecule has 0 atom stereocenters. The van der Waals surface area contributed by atoms with Crippen molar-refractivity contribution in [3.63, 3.8) is 0 Å². The van der Waals surface area contributed by atoms with Crippen LogP contribution in [0, 0.1) is 5.92 Å². The van der Waals surface area contributed by atoms with Gasteiger partial charge < -0.3 is 4.74 Å². The molecule has 0 aliphatic heterocycles. The standard InChI is InChI=1S/C10H15F3O2/c1-7(2)6-15-9(14)5-4-8(3)10(11,12)13/h7H,3-6H2,1-2H3. The van der Waals surface area contributed by atoms with Gasteiger partial charge in [-0.1, -0.05) is 20.4 Å². The van der Waals surface area contributed by atoms with Crippen molar-refractivity contribution in [1.82, 2.24) is 0 Å². The lowest BCUT2D eigenvalue weighted by atomic mass is 10.1. The minimum Gasteiger partial charge on any atom is -0.465 e. The number of esters is 1. The summed E-state index contributed by atoms with van der Waals surface area (Å²) in [6.07, 6.45) is -5.09. The Balaban J connectivity index is 3.77. The molecule has 5 heteroatoms. The quantitative estimate of drug-likeness (QED) is 0.530. The number of carbonyl (C=O) groups excluding carboxylic acids is 1. The average molecular weight is 224 g/mol. The highest BCUT2D eigenvalue weighted by Gasteiger charge is 2.31. The van der Waals surface area contributed by atoms with E-state index < -0.39 is 24.1 Å². The number of allylic oxidation sites excluding steroid dienone is 1. The maximum Gasteiger partial charge on any atom is 0.412 e. The van der Waals surface area contributed by atoms with E-state index in [-0.39, 0.29) is 18.9 Å². The molecular formula is C10H15F3O2. The van der Waals surface area contributed by atoms with Crippen LogP contribution >= 0.6 is 0 Å². The first kappa shape index (κ1) is 14.0. The maximum absolute atomic E-state index is 12.0. The van der Waals surface area contributed by atoms with Crippen molar-refractivity contribution in [3.8, 4) is 0 Å². The van der Waals surface area contributed by atoms with Crippen molar-refractivity contribution in [2.75, 3.05) is 6.61 Å². The van der Waals surface area contributed by atoms with Crippen LogP contribution < -0.4 is 0 Å². The summed E-state index contributed by atoms with van der Waals surface area (Å²) in [5, 5.41) is 0. The first-order valence-electron chi connectivity index (χ1n) is 4.64. The number of halogens is 3. The Morgan fingerprint density at radius 2 is 1.87 bits per heavy atom. The Labute approximate surface area is 87.1 Å². The van der Waals surface area contributed by atoms with E-state index in [2.05, 4.69) is 6.58 Å². The number of hydrogen-bond donors (Lipinski definition) is 0. The summed E-state index contributed by atoms with van der Waals surface area (Å²) in [6, 6.07) is 0. The minimum absolute atomic E-state index is 0.180. The molecule has 0 radical (unpaired) electrons. The van der Waals surface area contributed by atoms with Gasteiger partial charge in [0.05, 0.1) is 6.61 Å². The van der Waals surface area contributed by atoms with Crippen molar-refractivity contribution >= 4 is 5.97 Å². The molecule has 0 aromatic carbocycles. The van der Waals surface area contributed by atoms with Crippen LogP contribution in [0.3, 0.4) is 0 Å². The van der Waals surface area contributed by atoms with Gasteiger partial charge in [0.25, 0.3) is 0 Å². The molecular weight excluding hydrogens is 209 g/mol. The van der Waals surface area contributed by atoms with Crippen LogP contribution in [0.2, 0.25) is 0 Å². The van der Waals surface area contributed by atoms with Crippen LogP contribution in [-0.4, -0.2) is 18.8 Å². The first-order chi connectivity index (χ1) is 6.73. The van der Waals surface area contributed by atoms with Crippen LogP contribution in [0.1, 0.15) is 26.7 Å². The second-order valence-corrected chi connectivity index (χ2v) is 3.68. The van der Waals surface area contributed by atoms with E-state index in [1.54, 1.807) is 0 Å². The zero-order valence-corrected chi connectivity index (χ0v) is 8.86. The zero-order valence-electron chi connectivity index (χ0n) is 8.86. The third-order valence-corrected chi connectivity index (χ3v) is 1.61. The molecule has 15 heavy (non-hydrogen) atoms. The van der Waals surface area contributed by atoms with Crippen LogP contribution in [0.4, 0.5) is 13.2 Å². The van der Waals surface area contributed by atoms with Crippen molar-refractivity contribution in [1.29, 1.82) is 0 Å². The molecule has 2 nitrogen and oxygen atoms in total. The Kier molecular flexibility index (Phi) is 5.39. The molecule has 0 amide bonds. The smallest absolute Gasteiger partial charge is 0.412 e. The molecule has 0 unspecified atom stereocenters. The Bertz CT molecular complexity index is 231. The Morgan fingerprint density at radius 1 is 1.33 bits per heavy atom. The average Bonchev–Trinajstić information content (AvgIpc) is 2.09. The SMILES string of the molecule is C=C(CCC(=O)OCC(C)C)C(F)(F)F. The lowest BCUT2D eigenvalue weighted by molar-refractivity contribution is -0.145. The topological polar surface area (TPSA) is 26.3 Å². The van der Waals surface area contributed by atoms with Crippen molar-refractivity contribution in [3.05, 3.63) is 12.2 Å².